The summed E-state index contributed by atoms with van der Waals surface area (Å²) in [7, 11) is 0. The van der Waals surface area contributed by atoms with Crippen molar-refractivity contribution in [1.29, 1.82) is 0 Å². The summed E-state index contributed by atoms with van der Waals surface area (Å²) in [6.07, 6.45) is 3.58. The predicted molar refractivity (Wildman–Crippen MR) is 61.8 cm³/mol. The maximum atomic E-state index is 12.9. The van der Waals surface area contributed by atoms with Crippen LogP contribution >= 0.6 is 0 Å². The average Bonchev–Trinajstić information content (AvgIpc) is 2.63. The molecule has 3 nitrogen and oxygen atoms in total. The van der Waals surface area contributed by atoms with E-state index < -0.39 is 11.6 Å². The summed E-state index contributed by atoms with van der Waals surface area (Å²) in [4.78, 5) is 4.09. The first-order chi connectivity index (χ1) is 8.15. The molecule has 1 heterocycles. The molecule has 0 aliphatic carbocycles. The Morgan fingerprint density at radius 1 is 1.24 bits per heavy atom. The summed E-state index contributed by atoms with van der Waals surface area (Å²) in [6, 6.07) is 3.39. The van der Waals surface area contributed by atoms with Crippen LogP contribution in [-0.2, 0) is 6.54 Å². The molecule has 2 aromatic rings. The Bertz CT molecular complexity index is 488. The number of anilines is 1. The Kier molecular flexibility index (Phi) is 3.37. The Labute approximate surface area is 98.1 Å². The highest BCUT2D eigenvalue weighted by atomic mass is 19.1. The lowest BCUT2D eigenvalue weighted by Crippen LogP contribution is -2.11. The molecule has 0 aliphatic rings. The molecule has 0 saturated carbocycles. The number of rotatable bonds is 4. The molecule has 17 heavy (non-hydrogen) atoms. The lowest BCUT2D eigenvalue weighted by Gasteiger charge is -2.08. The van der Waals surface area contributed by atoms with Crippen LogP contribution in [0.25, 0.3) is 0 Å². The molecule has 1 N–H and O–H groups in total. The minimum atomic E-state index is -0.577. The minimum Gasteiger partial charge on any atom is -0.383 e. The Morgan fingerprint density at radius 2 is 1.94 bits per heavy atom. The molecule has 0 aliphatic heterocycles. The van der Waals surface area contributed by atoms with Gasteiger partial charge in [0.2, 0.25) is 0 Å². The van der Waals surface area contributed by atoms with Crippen LogP contribution in [0.3, 0.4) is 0 Å². The van der Waals surface area contributed by atoms with Gasteiger partial charge in [0.15, 0.2) is 0 Å². The van der Waals surface area contributed by atoms with Gasteiger partial charge < -0.3 is 9.88 Å². The molecule has 90 valence electrons. The second-order valence-electron chi connectivity index (χ2n) is 3.75. The first-order valence-corrected chi connectivity index (χ1v) is 5.33. The van der Waals surface area contributed by atoms with Gasteiger partial charge in [-0.15, -0.1) is 0 Å². The van der Waals surface area contributed by atoms with Crippen LogP contribution in [0.2, 0.25) is 0 Å². The normalized spacial score (nSPS) is 10.5. The average molecular weight is 237 g/mol. The molecule has 0 unspecified atom stereocenters. The number of halogens is 2. The fraction of sp³-hybridized carbons (Fsp3) is 0.250. The number of aryl methyl sites for hydroxylation is 1. The minimum absolute atomic E-state index is 0.445. The lowest BCUT2D eigenvalue weighted by atomic mass is 10.3. The predicted octanol–water partition coefficient (Wildman–Crippen LogP) is 2.58. The van der Waals surface area contributed by atoms with Crippen LogP contribution in [-0.4, -0.2) is 16.1 Å². The van der Waals surface area contributed by atoms with Gasteiger partial charge in [0, 0.05) is 37.2 Å². The molecule has 5 heteroatoms. The van der Waals surface area contributed by atoms with E-state index in [1.165, 1.54) is 12.1 Å². The molecule has 0 saturated heterocycles. The van der Waals surface area contributed by atoms with Crippen molar-refractivity contribution in [3.8, 4) is 0 Å². The van der Waals surface area contributed by atoms with Gasteiger partial charge in [0.25, 0.3) is 0 Å². The van der Waals surface area contributed by atoms with E-state index in [0.29, 0.717) is 18.8 Å². The molecule has 2 rings (SSSR count). The van der Waals surface area contributed by atoms with E-state index in [2.05, 4.69) is 10.3 Å². The van der Waals surface area contributed by atoms with Gasteiger partial charge in [0.1, 0.15) is 17.5 Å². The molecule has 0 radical (unpaired) electrons. The summed E-state index contributed by atoms with van der Waals surface area (Å²) < 4.78 is 27.8. The van der Waals surface area contributed by atoms with E-state index in [1.807, 2.05) is 17.7 Å². The van der Waals surface area contributed by atoms with Gasteiger partial charge in [-0.1, -0.05) is 0 Å². The van der Waals surface area contributed by atoms with E-state index in [-0.39, 0.29) is 0 Å². The number of hydrogen-bond donors (Lipinski definition) is 1. The maximum Gasteiger partial charge on any atom is 0.128 e. The summed E-state index contributed by atoms with van der Waals surface area (Å²) in [5.41, 5.74) is 0.445. The highest BCUT2D eigenvalue weighted by Crippen LogP contribution is 2.12. The van der Waals surface area contributed by atoms with E-state index in [4.69, 9.17) is 0 Å². The van der Waals surface area contributed by atoms with Crippen molar-refractivity contribution in [2.24, 2.45) is 0 Å². The highest BCUT2D eigenvalue weighted by Gasteiger charge is 2.00. The zero-order chi connectivity index (χ0) is 12.3. The van der Waals surface area contributed by atoms with Crippen molar-refractivity contribution < 1.29 is 8.78 Å². The molecular weight excluding hydrogens is 224 g/mol. The number of aromatic nitrogens is 2. The topological polar surface area (TPSA) is 29.9 Å². The number of hydrogen-bond acceptors (Lipinski definition) is 2. The van der Waals surface area contributed by atoms with Crippen LogP contribution in [0.4, 0.5) is 14.5 Å². The summed E-state index contributed by atoms with van der Waals surface area (Å²) in [5, 5.41) is 2.96. The van der Waals surface area contributed by atoms with E-state index in [0.717, 1.165) is 11.9 Å². The molecule has 0 fully saturated rings. The SMILES string of the molecule is Cc1nccn1CCNc1cc(F)cc(F)c1. The van der Waals surface area contributed by atoms with Crippen molar-refractivity contribution in [1.82, 2.24) is 9.55 Å². The standard InChI is InChI=1S/C12H13F2N3/c1-9-15-2-4-17(9)5-3-16-12-7-10(13)6-11(14)8-12/h2,4,6-8,16H,3,5H2,1H3. The second kappa shape index (κ2) is 4.95. The quantitative estimate of drug-likeness (QED) is 0.885. The number of imidazole rings is 1. The van der Waals surface area contributed by atoms with Crippen LogP contribution in [0.15, 0.2) is 30.6 Å². The number of benzene rings is 1. The molecule has 1 aromatic carbocycles. The van der Waals surface area contributed by atoms with Crippen molar-refractivity contribution in [2.75, 3.05) is 11.9 Å². The first kappa shape index (κ1) is 11.6. The van der Waals surface area contributed by atoms with Crippen LogP contribution in [0.1, 0.15) is 5.82 Å². The van der Waals surface area contributed by atoms with Crippen molar-refractivity contribution in [2.45, 2.75) is 13.5 Å². The summed E-state index contributed by atoms with van der Waals surface area (Å²) >= 11 is 0. The molecule has 0 atom stereocenters. The number of nitrogens with zero attached hydrogens (tertiary/aromatic N) is 2. The van der Waals surface area contributed by atoms with Gasteiger partial charge >= 0.3 is 0 Å². The molecule has 0 amide bonds. The van der Waals surface area contributed by atoms with Gasteiger partial charge in [0.05, 0.1) is 0 Å². The third-order valence-electron chi connectivity index (χ3n) is 2.47. The third kappa shape index (κ3) is 3.03. The van der Waals surface area contributed by atoms with Gasteiger partial charge in [-0.05, 0) is 19.1 Å². The van der Waals surface area contributed by atoms with E-state index in [9.17, 15) is 8.78 Å². The zero-order valence-corrected chi connectivity index (χ0v) is 9.45. The second-order valence-corrected chi connectivity index (χ2v) is 3.75. The van der Waals surface area contributed by atoms with Gasteiger partial charge in [-0.3, -0.25) is 0 Å². The molecular formula is C12H13F2N3. The van der Waals surface area contributed by atoms with Crippen LogP contribution in [0.5, 0.6) is 0 Å². The van der Waals surface area contributed by atoms with Crippen LogP contribution in [0, 0.1) is 18.6 Å². The summed E-state index contributed by atoms with van der Waals surface area (Å²) in [5.74, 6) is -0.241. The third-order valence-corrected chi connectivity index (χ3v) is 2.47. The monoisotopic (exact) mass is 237 g/mol. The Hall–Kier alpha value is -1.91. The molecule has 0 spiro atoms. The summed E-state index contributed by atoms with van der Waals surface area (Å²) in [6.45, 7) is 3.19. The fourth-order valence-electron chi connectivity index (χ4n) is 1.62. The van der Waals surface area contributed by atoms with Gasteiger partial charge in [-0.25, -0.2) is 13.8 Å². The van der Waals surface area contributed by atoms with Crippen molar-refractivity contribution in [3.63, 3.8) is 0 Å². The van der Waals surface area contributed by atoms with Crippen molar-refractivity contribution in [3.05, 3.63) is 48.1 Å². The van der Waals surface area contributed by atoms with Crippen molar-refractivity contribution >= 4 is 5.69 Å². The van der Waals surface area contributed by atoms with Crippen LogP contribution < -0.4 is 5.32 Å². The zero-order valence-electron chi connectivity index (χ0n) is 9.45. The Balaban J connectivity index is 1.92. The molecule has 1 aromatic heterocycles. The first-order valence-electron chi connectivity index (χ1n) is 5.33. The number of nitrogens with one attached hydrogen (secondary N) is 1. The van der Waals surface area contributed by atoms with E-state index in [1.54, 1.807) is 6.20 Å². The van der Waals surface area contributed by atoms with E-state index >= 15 is 0 Å². The van der Waals surface area contributed by atoms with Gasteiger partial charge in [-0.2, -0.15) is 0 Å². The largest absolute Gasteiger partial charge is 0.383 e. The Morgan fingerprint density at radius 3 is 2.53 bits per heavy atom. The maximum absolute atomic E-state index is 12.9. The molecule has 0 bridgehead atoms. The highest BCUT2D eigenvalue weighted by molar-refractivity contribution is 5.43. The smallest absolute Gasteiger partial charge is 0.128 e. The lowest BCUT2D eigenvalue weighted by molar-refractivity contribution is 0.583. The fourth-order valence-corrected chi connectivity index (χ4v) is 1.62.